The fourth-order valence-corrected chi connectivity index (χ4v) is 4.49. The molecule has 0 saturated heterocycles. The fourth-order valence-electron chi connectivity index (χ4n) is 3.87. The third kappa shape index (κ3) is 18.9. The standard InChI is InChI=1S/C28H50NO6P/c1-3-5-6-7-8-9-10-11-12-13-14-15-16-26-17-19-27(20-18-26)32-23-28(33-25-30)24-35-36(31)34-22-21-29-4-2/h17-20,25,28-29,31H,3-16,21-24H2,1-2H3. The first-order valence-electron chi connectivity index (χ1n) is 14.0. The van der Waals surface area contributed by atoms with Crippen molar-refractivity contribution >= 4 is 15.1 Å². The number of likely N-dealkylation sites (N-methyl/N-ethyl adjacent to an activating group) is 1. The zero-order chi connectivity index (χ0) is 26.1. The molecule has 0 fully saturated rings. The molecule has 208 valence electrons. The van der Waals surface area contributed by atoms with Gasteiger partial charge in [0.25, 0.3) is 6.47 Å². The Hall–Kier alpha value is -1.24. The van der Waals surface area contributed by atoms with Gasteiger partial charge in [-0.2, -0.15) is 0 Å². The Labute approximate surface area is 220 Å². The van der Waals surface area contributed by atoms with Crippen LogP contribution >= 0.6 is 8.60 Å². The summed E-state index contributed by atoms with van der Waals surface area (Å²) in [6.45, 7) is 6.57. The van der Waals surface area contributed by atoms with Crippen LogP contribution in [0.4, 0.5) is 0 Å². The monoisotopic (exact) mass is 527 g/mol. The number of carbonyl (C=O) groups is 1. The van der Waals surface area contributed by atoms with Crippen molar-refractivity contribution in [2.45, 2.75) is 103 Å². The van der Waals surface area contributed by atoms with Crippen LogP contribution in [0, 0.1) is 0 Å². The second kappa shape index (κ2) is 24.1. The highest BCUT2D eigenvalue weighted by Crippen LogP contribution is 2.32. The molecular weight excluding hydrogens is 477 g/mol. The van der Waals surface area contributed by atoms with E-state index in [1.807, 2.05) is 19.1 Å². The molecule has 36 heavy (non-hydrogen) atoms. The Morgan fingerprint density at radius 1 is 0.861 bits per heavy atom. The molecule has 0 spiro atoms. The lowest BCUT2D eigenvalue weighted by molar-refractivity contribution is -0.136. The number of rotatable bonds is 26. The van der Waals surface area contributed by atoms with Gasteiger partial charge in [0.2, 0.25) is 0 Å². The summed E-state index contributed by atoms with van der Waals surface area (Å²) >= 11 is 0. The highest BCUT2D eigenvalue weighted by Gasteiger charge is 2.15. The maximum absolute atomic E-state index is 10.8. The molecule has 0 saturated carbocycles. The van der Waals surface area contributed by atoms with E-state index in [0.717, 1.165) is 13.0 Å². The molecule has 1 aromatic carbocycles. The molecule has 0 amide bonds. The first kappa shape index (κ1) is 32.8. The van der Waals surface area contributed by atoms with Crippen molar-refractivity contribution < 1.29 is 28.2 Å². The number of aryl methyl sites for hydroxylation is 1. The molecule has 8 heteroatoms. The summed E-state index contributed by atoms with van der Waals surface area (Å²) in [5.74, 6) is 0.709. The van der Waals surface area contributed by atoms with Crippen LogP contribution in [-0.2, 0) is 25.0 Å². The van der Waals surface area contributed by atoms with Crippen molar-refractivity contribution in [2.24, 2.45) is 0 Å². The SMILES string of the molecule is CCCCCCCCCCCCCCc1ccc(OCC(COP(O)OCCNCC)OC=O)cc1. The van der Waals surface area contributed by atoms with Gasteiger partial charge in [-0.15, -0.1) is 0 Å². The maximum atomic E-state index is 10.8. The molecule has 0 aliphatic carbocycles. The predicted molar refractivity (Wildman–Crippen MR) is 147 cm³/mol. The summed E-state index contributed by atoms with van der Waals surface area (Å²) in [5.41, 5.74) is 1.30. The first-order chi connectivity index (χ1) is 17.7. The van der Waals surface area contributed by atoms with Crippen LogP contribution in [-0.4, -0.2) is 50.4 Å². The molecule has 0 bridgehead atoms. The molecule has 1 aromatic rings. The van der Waals surface area contributed by atoms with Gasteiger partial charge >= 0.3 is 8.60 Å². The minimum Gasteiger partial charge on any atom is -0.490 e. The molecular formula is C28H50NO6P. The Balaban J connectivity index is 2.12. The predicted octanol–water partition coefficient (Wildman–Crippen LogP) is 6.71. The highest BCUT2D eigenvalue weighted by atomic mass is 31.2. The van der Waals surface area contributed by atoms with Gasteiger partial charge in [0, 0.05) is 6.54 Å². The van der Waals surface area contributed by atoms with Crippen LogP contribution in [0.15, 0.2) is 24.3 Å². The lowest BCUT2D eigenvalue weighted by Crippen LogP contribution is -2.26. The lowest BCUT2D eigenvalue weighted by atomic mass is 10.0. The molecule has 0 aliphatic rings. The van der Waals surface area contributed by atoms with E-state index in [0.29, 0.717) is 25.4 Å². The number of hydrogen-bond acceptors (Lipinski definition) is 7. The second-order valence-electron chi connectivity index (χ2n) is 9.17. The number of benzene rings is 1. The molecule has 2 N–H and O–H groups in total. The van der Waals surface area contributed by atoms with Crippen molar-refractivity contribution in [2.75, 3.05) is 32.9 Å². The topological polar surface area (TPSA) is 86.2 Å². The van der Waals surface area contributed by atoms with Crippen molar-refractivity contribution in [1.82, 2.24) is 5.32 Å². The molecule has 0 radical (unpaired) electrons. The van der Waals surface area contributed by atoms with Crippen molar-refractivity contribution in [3.8, 4) is 5.75 Å². The van der Waals surface area contributed by atoms with E-state index in [4.69, 9.17) is 18.5 Å². The van der Waals surface area contributed by atoms with Crippen LogP contribution in [0.5, 0.6) is 5.75 Å². The zero-order valence-electron chi connectivity index (χ0n) is 22.6. The average Bonchev–Trinajstić information content (AvgIpc) is 2.89. The van der Waals surface area contributed by atoms with Gasteiger partial charge in [-0.1, -0.05) is 96.6 Å². The lowest BCUT2D eigenvalue weighted by Gasteiger charge is -2.18. The maximum Gasteiger partial charge on any atom is 0.330 e. The molecule has 0 aliphatic heterocycles. The normalized spacial score (nSPS) is 12.9. The molecule has 2 atom stereocenters. The van der Waals surface area contributed by atoms with E-state index in [9.17, 15) is 9.69 Å². The van der Waals surface area contributed by atoms with Crippen molar-refractivity contribution in [3.63, 3.8) is 0 Å². The van der Waals surface area contributed by atoms with Crippen molar-refractivity contribution in [1.29, 1.82) is 0 Å². The highest BCUT2D eigenvalue weighted by molar-refractivity contribution is 7.40. The first-order valence-corrected chi connectivity index (χ1v) is 15.1. The minimum atomic E-state index is -2.02. The molecule has 2 unspecified atom stereocenters. The molecule has 0 aromatic heterocycles. The molecule has 0 heterocycles. The number of nitrogens with one attached hydrogen (secondary N) is 1. The van der Waals surface area contributed by atoms with Gasteiger partial charge in [0.1, 0.15) is 12.4 Å². The van der Waals surface area contributed by atoms with E-state index >= 15 is 0 Å². The Kier molecular flexibility index (Phi) is 22.0. The summed E-state index contributed by atoms with van der Waals surface area (Å²) in [4.78, 5) is 20.6. The number of carbonyl (C=O) groups excluding carboxylic acids is 1. The van der Waals surface area contributed by atoms with Crippen LogP contribution in [0.3, 0.4) is 0 Å². The van der Waals surface area contributed by atoms with Crippen LogP contribution < -0.4 is 10.1 Å². The summed E-state index contributed by atoms with van der Waals surface area (Å²) in [6, 6.07) is 8.06. The van der Waals surface area contributed by atoms with Gasteiger partial charge in [0.15, 0.2) is 6.10 Å². The molecule has 1 rings (SSSR count). The smallest absolute Gasteiger partial charge is 0.330 e. The van der Waals surface area contributed by atoms with E-state index in [1.165, 1.54) is 82.6 Å². The Morgan fingerprint density at radius 2 is 1.47 bits per heavy atom. The molecule has 7 nitrogen and oxygen atoms in total. The quantitative estimate of drug-likeness (QED) is 0.0786. The summed E-state index contributed by atoms with van der Waals surface area (Å²) in [5, 5.41) is 3.09. The van der Waals surface area contributed by atoms with Crippen LogP contribution in [0.2, 0.25) is 0 Å². The van der Waals surface area contributed by atoms with E-state index < -0.39 is 14.7 Å². The van der Waals surface area contributed by atoms with E-state index in [1.54, 1.807) is 0 Å². The average molecular weight is 528 g/mol. The Morgan fingerprint density at radius 3 is 2.06 bits per heavy atom. The summed E-state index contributed by atoms with van der Waals surface area (Å²) < 4.78 is 21.2. The summed E-state index contributed by atoms with van der Waals surface area (Å²) in [6.07, 6.45) is 16.8. The fraction of sp³-hybridized carbons (Fsp3) is 0.750. The van der Waals surface area contributed by atoms with Crippen LogP contribution in [0.1, 0.15) is 96.5 Å². The Bertz CT molecular complexity index is 619. The van der Waals surface area contributed by atoms with E-state index in [2.05, 4.69) is 24.4 Å². The largest absolute Gasteiger partial charge is 0.490 e. The third-order valence-corrected chi connectivity index (χ3v) is 6.80. The third-order valence-electron chi connectivity index (χ3n) is 6.03. The second-order valence-corrected chi connectivity index (χ2v) is 10.2. The van der Waals surface area contributed by atoms with Crippen LogP contribution in [0.25, 0.3) is 0 Å². The number of unbranched alkanes of at least 4 members (excludes halogenated alkanes) is 11. The van der Waals surface area contributed by atoms with Crippen molar-refractivity contribution in [3.05, 3.63) is 29.8 Å². The summed E-state index contributed by atoms with van der Waals surface area (Å²) in [7, 11) is -2.02. The van der Waals surface area contributed by atoms with Gasteiger partial charge < -0.3 is 28.7 Å². The zero-order valence-corrected chi connectivity index (χ0v) is 23.5. The minimum absolute atomic E-state index is 0.000801. The van der Waals surface area contributed by atoms with Gasteiger partial charge in [-0.05, 0) is 37.1 Å². The van der Waals surface area contributed by atoms with Gasteiger partial charge in [-0.3, -0.25) is 4.79 Å². The van der Waals surface area contributed by atoms with E-state index in [-0.39, 0.29) is 13.2 Å². The van der Waals surface area contributed by atoms with Gasteiger partial charge in [-0.25, -0.2) is 0 Å². The number of ether oxygens (including phenoxy) is 2. The number of hydrogen-bond donors (Lipinski definition) is 2. The van der Waals surface area contributed by atoms with Gasteiger partial charge in [0.05, 0.1) is 13.2 Å².